The van der Waals surface area contributed by atoms with Gasteiger partial charge in [0.15, 0.2) is 0 Å². The van der Waals surface area contributed by atoms with Gasteiger partial charge in [0.2, 0.25) is 0 Å². The Morgan fingerprint density at radius 1 is 1.16 bits per heavy atom. The topological polar surface area (TPSA) is 63.8 Å². The molecule has 19 heavy (non-hydrogen) atoms. The van der Waals surface area contributed by atoms with Crippen LogP contribution in [0.2, 0.25) is 5.02 Å². The number of rotatable bonds is 6. The van der Waals surface area contributed by atoms with E-state index in [2.05, 4.69) is 15.4 Å². The van der Waals surface area contributed by atoms with E-state index < -0.39 is 0 Å². The highest BCUT2D eigenvalue weighted by Gasteiger charge is 2.10. The van der Waals surface area contributed by atoms with Gasteiger partial charge in [0.05, 0.1) is 5.02 Å². The molecule has 1 unspecified atom stereocenters. The summed E-state index contributed by atoms with van der Waals surface area (Å²) in [4.78, 5) is 7.99. The second kappa shape index (κ2) is 7.19. The third-order valence-electron chi connectivity index (χ3n) is 3.09. The molecule has 0 spiro atoms. The van der Waals surface area contributed by atoms with Crippen molar-refractivity contribution in [2.75, 3.05) is 0 Å². The van der Waals surface area contributed by atoms with E-state index in [-0.39, 0.29) is 6.04 Å². The smallest absolute Gasteiger partial charge is 0.0621 e. The molecule has 0 aliphatic carbocycles. The van der Waals surface area contributed by atoms with Gasteiger partial charge in [0, 0.05) is 30.8 Å². The predicted molar refractivity (Wildman–Crippen MR) is 76.6 cm³/mol. The average Bonchev–Trinajstić information content (AvgIpc) is 2.46. The highest BCUT2D eigenvalue weighted by atomic mass is 35.5. The number of hydrogen-bond donors (Lipinski definition) is 2. The van der Waals surface area contributed by atoms with E-state index in [1.165, 1.54) is 5.56 Å². The maximum absolute atomic E-state index is 6.10. The fourth-order valence-corrected chi connectivity index (χ4v) is 2.17. The molecule has 0 radical (unpaired) electrons. The van der Waals surface area contributed by atoms with E-state index in [4.69, 9.17) is 17.4 Å². The molecular formula is C14H17ClN4. The van der Waals surface area contributed by atoms with Crippen LogP contribution < -0.4 is 11.3 Å². The van der Waals surface area contributed by atoms with Crippen LogP contribution in [0.25, 0.3) is 0 Å². The monoisotopic (exact) mass is 276 g/mol. The van der Waals surface area contributed by atoms with Crippen molar-refractivity contribution in [1.29, 1.82) is 0 Å². The number of aryl methyl sites for hydroxylation is 1. The largest absolute Gasteiger partial charge is 0.271 e. The van der Waals surface area contributed by atoms with E-state index in [1.807, 2.05) is 18.2 Å². The highest BCUT2D eigenvalue weighted by Crippen LogP contribution is 2.16. The number of nitrogens with two attached hydrogens (primary N) is 1. The zero-order valence-electron chi connectivity index (χ0n) is 10.6. The summed E-state index contributed by atoms with van der Waals surface area (Å²) in [6.07, 6.45) is 9.72. The fourth-order valence-electron chi connectivity index (χ4n) is 1.97. The number of hydrazine groups is 1. The number of halogens is 1. The quantitative estimate of drug-likeness (QED) is 0.627. The summed E-state index contributed by atoms with van der Waals surface area (Å²) < 4.78 is 0. The molecular weight excluding hydrogens is 260 g/mol. The van der Waals surface area contributed by atoms with Gasteiger partial charge in [-0.25, -0.2) is 0 Å². The first-order valence-electron chi connectivity index (χ1n) is 6.23. The SMILES string of the molecule is NNC(CCc1ccncc1)Cc1ccncc1Cl. The molecule has 5 heteroatoms. The molecule has 0 saturated carbocycles. The van der Waals surface area contributed by atoms with Crippen molar-refractivity contribution in [1.82, 2.24) is 15.4 Å². The third-order valence-corrected chi connectivity index (χ3v) is 3.43. The molecule has 0 amide bonds. The predicted octanol–water partition coefficient (Wildman–Crippen LogP) is 2.14. The Kier molecular flexibility index (Phi) is 5.27. The van der Waals surface area contributed by atoms with Crippen molar-refractivity contribution < 1.29 is 0 Å². The van der Waals surface area contributed by atoms with Crippen LogP contribution in [-0.4, -0.2) is 16.0 Å². The summed E-state index contributed by atoms with van der Waals surface area (Å²) in [5, 5.41) is 0.687. The van der Waals surface area contributed by atoms with Crippen LogP contribution in [0.5, 0.6) is 0 Å². The zero-order valence-corrected chi connectivity index (χ0v) is 11.3. The van der Waals surface area contributed by atoms with E-state index in [1.54, 1.807) is 24.8 Å². The first-order valence-corrected chi connectivity index (χ1v) is 6.61. The molecule has 1 atom stereocenters. The second-order valence-corrected chi connectivity index (χ2v) is 4.84. The number of nitrogens with zero attached hydrogens (tertiary/aromatic N) is 2. The summed E-state index contributed by atoms with van der Waals surface area (Å²) in [6, 6.07) is 6.16. The van der Waals surface area contributed by atoms with Crippen molar-refractivity contribution >= 4 is 11.6 Å². The summed E-state index contributed by atoms with van der Waals surface area (Å²) in [5.41, 5.74) is 5.18. The normalized spacial score (nSPS) is 12.3. The molecule has 0 aromatic carbocycles. The summed E-state index contributed by atoms with van der Waals surface area (Å²) in [5.74, 6) is 5.61. The van der Waals surface area contributed by atoms with Gasteiger partial charge >= 0.3 is 0 Å². The lowest BCUT2D eigenvalue weighted by Gasteiger charge is -2.16. The third kappa shape index (κ3) is 4.28. The number of nitrogens with one attached hydrogen (secondary N) is 1. The maximum Gasteiger partial charge on any atom is 0.0621 e. The van der Waals surface area contributed by atoms with Crippen LogP contribution >= 0.6 is 11.6 Å². The summed E-state index contributed by atoms with van der Waals surface area (Å²) >= 11 is 6.10. The molecule has 2 aromatic heterocycles. The first kappa shape index (κ1) is 13.9. The lowest BCUT2D eigenvalue weighted by atomic mass is 10.0. The summed E-state index contributed by atoms with van der Waals surface area (Å²) in [6.45, 7) is 0. The average molecular weight is 277 g/mol. The van der Waals surface area contributed by atoms with Crippen molar-refractivity contribution in [2.45, 2.75) is 25.3 Å². The fraction of sp³-hybridized carbons (Fsp3) is 0.286. The molecule has 0 saturated heterocycles. The van der Waals surface area contributed by atoms with Crippen molar-refractivity contribution in [3.63, 3.8) is 0 Å². The molecule has 100 valence electrons. The van der Waals surface area contributed by atoms with E-state index in [0.717, 1.165) is 24.8 Å². The standard InChI is InChI=1S/C14H17ClN4/c15-14-10-18-8-5-12(14)9-13(19-16)2-1-11-3-6-17-7-4-11/h3-8,10,13,19H,1-2,9,16H2. The van der Waals surface area contributed by atoms with Gasteiger partial charge in [-0.05, 0) is 48.6 Å². The lowest BCUT2D eigenvalue weighted by Crippen LogP contribution is -2.37. The zero-order chi connectivity index (χ0) is 13.5. The molecule has 0 fully saturated rings. The lowest BCUT2D eigenvalue weighted by molar-refractivity contribution is 0.491. The highest BCUT2D eigenvalue weighted by molar-refractivity contribution is 6.31. The minimum Gasteiger partial charge on any atom is -0.271 e. The maximum atomic E-state index is 6.10. The van der Waals surface area contributed by atoms with E-state index >= 15 is 0 Å². The van der Waals surface area contributed by atoms with E-state index in [0.29, 0.717) is 5.02 Å². The van der Waals surface area contributed by atoms with Crippen molar-refractivity contribution in [3.8, 4) is 0 Å². The van der Waals surface area contributed by atoms with Crippen LogP contribution in [0.3, 0.4) is 0 Å². The molecule has 4 nitrogen and oxygen atoms in total. The molecule has 3 N–H and O–H groups in total. The molecule has 2 aromatic rings. The number of hydrogen-bond acceptors (Lipinski definition) is 4. The second-order valence-electron chi connectivity index (χ2n) is 4.43. The van der Waals surface area contributed by atoms with Gasteiger partial charge in [0.1, 0.15) is 0 Å². The van der Waals surface area contributed by atoms with Gasteiger partial charge in [-0.3, -0.25) is 21.2 Å². The Hall–Kier alpha value is -1.49. The Balaban J connectivity index is 1.92. The molecule has 0 aliphatic heterocycles. The van der Waals surface area contributed by atoms with Crippen LogP contribution in [0.4, 0.5) is 0 Å². The molecule has 0 aliphatic rings. The Morgan fingerprint density at radius 2 is 1.89 bits per heavy atom. The minimum atomic E-state index is 0.188. The molecule has 2 heterocycles. The van der Waals surface area contributed by atoms with Crippen LogP contribution in [0, 0.1) is 0 Å². The molecule has 2 rings (SSSR count). The van der Waals surface area contributed by atoms with Gasteiger partial charge in [-0.1, -0.05) is 11.6 Å². The minimum absolute atomic E-state index is 0.188. The van der Waals surface area contributed by atoms with Gasteiger partial charge in [0.25, 0.3) is 0 Å². The number of aromatic nitrogens is 2. The van der Waals surface area contributed by atoms with Crippen molar-refractivity contribution in [3.05, 3.63) is 59.1 Å². The van der Waals surface area contributed by atoms with E-state index in [9.17, 15) is 0 Å². The van der Waals surface area contributed by atoms with Gasteiger partial charge < -0.3 is 0 Å². The van der Waals surface area contributed by atoms with Gasteiger partial charge in [-0.2, -0.15) is 0 Å². The Labute approximate surface area is 118 Å². The molecule has 0 bridgehead atoms. The van der Waals surface area contributed by atoms with Crippen LogP contribution in [-0.2, 0) is 12.8 Å². The number of pyridine rings is 2. The van der Waals surface area contributed by atoms with Crippen LogP contribution in [0.1, 0.15) is 17.5 Å². The van der Waals surface area contributed by atoms with Crippen molar-refractivity contribution in [2.24, 2.45) is 5.84 Å². The van der Waals surface area contributed by atoms with Gasteiger partial charge in [-0.15, -0.1) is 0 Å². The first-order chi connectivity index (χ1) is 9.29. The summed E-state index contributed by atoms with van der Waals surface area (Å²) in [7, 11) is 0. The van der Waals surface area contributed by atoms with Crippen LogP contribution in [0.15, 0.2) is 43.0 Å². The Morgan fingerprint density at radius 3 is 2.58 bits per heavy atom. The Bertz CT molecular complexity index is 504.